The second kappa shape index (κ2) is 11.5. The zero-order valence-corrected chi connectivity index (χ0v) is 19.7. The molecule has 168 valence electrons. The van der Waals surface area contributed by atoms with Gasteiger partial charge >= 0.3 is 0 Å². The molecule has 2 aromatic rings. The van der Waals surface area contributed by atoms with Crippen molar-refractivity contribution in [2.45, 2.75) is 73.0 Å². The van der Waals surface area contributed by atoms with Crippen molar-refractivity contribution in [1.82, 2.24) is 10.2 Å². The lowest BCUT2D eigenvalue weighted by atomic mass is 10.1. The first-order chi connectivity index (χ1) is 14.7. The zero-order chi connectivity index (χ0) is 23.0. The molecule has 0 spiro atoms. The van der Waals surface area contributed by atoms with E-state index in [2.05, 4.69) is 5.32 Å². The second-order valence-corrected chi connectivity index (χ2v) is 8.31. The number of hydrogen-bond donors (Lipinski definition) is 1. The van der Waals surface area contributed by atoms with Crippen molar-refractivity contribution in [3.8, 4) is 5.75 Å². The Kier molecular flexibility index (Phi) is 9.10. The van der Waals surface area contributed by atoms with E-state index < -0.39 is 6.04 Å². The molecule has 0 aliphatic rings. The van der Waals surface area contributed by atoms with Gasteiger partial charge in [0.1, 0.15) is 11.8 Å². The molecule has 0 aromatic heterocycles. The lowest BCUT2D eigenvalue weighted by Gasteiger charge is -2.31. The normalized spacial score (nSPS) is 12.7. The predicted octanol–water partition coefficient (Wildman–Crippen LogP) is 4.71. The summed E-state index contributed by atoms with van der Waals surface area (Å²) in [6.07, 6.45) is 1.37. The van der Waals surface area contributed by atoms with Crippen LogP contribution < -0.4 is 10.1 Å². The Morgan fingerprint density at radius 1 is 0.968 bits per heavy atom. The van der Waals surface area contributed by atoms with Gasteiger partial charge in [0, 0.05) is 12.6 Å². The quantitative estimate of drug-likeness (QED) is 0.601. The maximum atomic E-state index is 13.3. The van der Waals surface area contributed by atoms with E-state index in [0.717, 1.165) is 28.7 Å². The van der Waals surface area contributed by atoms with Gasteiger partial charge in [-0.25, -0.2) is 0 Å². The van der Waals surface area contributed by atoms with E-state index >= 15 is 0 Å². The predicted molar refractivity (Wildman–Crippen MR) is 125 cm³/mol. The summed E-state index contributed by atoms with van der Waals surface area (Å²) < 4.78 is 5.87. The number of amides is 2. The Balaban J connectivity index is 2.23. The van der Waals surface area contributed by atoms with Crippen molar-refractivity contribution in [2.75, 3.05) is 6.61 Å². The molecule has 0 aliphatic carbocycles. The Hall–Kier alpha value is -2.82. The van der Waals surface area contributed by atoms with E-state index in [1.165, 1.54) is 0 Å². The van der Waals surface area contributed by atoms with Crippen LogP contribution in [0, 0.1) is 20.8 Å². The Morgan fingerprint density at radius 2 is 1.61 bits per heavy atom. The highest BCUT2D eigenvalue weighted by atomic mass is 16.5. The maximum Gasteiger partial charge on any atom is 0.261 e. The van der Waals surface area contributed by atoms with Crippen molar-refractivity contribution in [3.05, 3.63) is 64.7 Å². The lowest BCUT2D eigenvalue weighted by Crippen LogP contribution is -2.51. The number of benzene rings is 2. The van der Waals surface area contributed by atoms with Gasteiger partial charge in [0.2, 0.25) is 5.91 Å². The average Bonchev–Trinajstić information content (AvgIpc) is 2.75. The van der Waals surface area contributed by atoms with E-state index in [9.17, 15) is 9.59 Å². The minimum atomic E-state index is -0.551. The number of carbonyl (C=O) groups is 2. The molecule has 0 heterocycles. The summed E-state index contributed by atoms with van der Waals surface area (Å²) in [5.41, 5.74) is 4.19. The van der Waals surface area contributed by atoms with Crippen LogP contribution in [0.2, 0.25) is 0 Å². The molecule has 5 heteroatoms. The van der Waals surface area contributed by atoms with Gasteiger partial charge in [-0.1, -0.05) is 55.8 Å². The summed E-state index contributed by atoms with van der Waals surface area (Å²) in [6, 6.07) is 13.5. The van der Waals surface area contributed by atoms with Gasteiger partial charge in [0.15, 0.2) is 6.61 Å². The molecule has 0 saturated carbocycles. The molecule has 0 radical (unpaired) electrons. The molecular formula is C26H36N2O3. The molecular weight excluding hydrogens is 388 g/mol. The maximum absolute atomic E-state index is 13.3. The molecule has 0 aliphatic heterocycles. The fourth-order valence-electron chi connectivity index (χ4n) is 3.34. The Morgan fingerprint density at radius 3 is 2.23 bits per heavy atom. The minimum Gasteiger partial charge on any atom is -0.483 e. The third-order valence-corrected chi connectivity index (χ3v) is 5.56. The second-order valence-electron chi connectivity index (χ2n) is 8.31. The van der Waals surface area contributed by atoms with Crippen LogP contribution >= 0.6 is 0 Å². The number of ether oxygens (including phenoxy) is 1. The van der Waals surface area contributed by atoms with Crippen molar-refractivity contribution in [2.24, 2.45) is 0 Å². The molecule has 0 unspecified atom stereocenters. The molecule has 5 nitrogen and oxygen atoms in total. The highest BCUT2D eigenvalue weighted by Crippen LogP contribution is 2.20. The standard InChI is InChI=1S/C26H36N2O3/c1-7-21(6)27-26(30)23(8-2)28(16-22-13-10-18(3)11-14-22)25(29)17-31-24-15-19(4)9-12-20(24)5/h9-15,21,23H,7-8,16-17H2,1-6H3,(H,27,30)/t21-,23+/m0/s1. The van der Waals surface area contributed by atoms with E-state index in [1.54, 1.807) is 4.90 Å². The number of nitrogens with zero attached hydrogens (tertiary/aromatic N) is 1. The van der Waals surface area contributed by atoms with Gasteiger partial charge in [-0.3, -0.25) is 9.59 Å². The van der Waals surface area contributed by atoms with Crippen LogP contribution in [-0.4, -0.2) is 35.4 Å². The average molecular weight is 425 g/mol. The van der Waals surface area contributed by atoms with E-state index in [4.69, 9.17) is 4.74 Å². The topological polar surface area (TPSA) is 58.6 Å². The first kappa shape index (κ1) is 24.4. The van der Waals surface area contributed by atoms with Crippen molar-refractivity contribution < 1.29 is 14.3 Å². The molecule has 2 amide bonds. The summed E-state index contributed by atoms with van der Waals surface area (Å²) in [4.78, 5) is 27.9. The first-order valence-electron chi connectivity index (χ1n) is 11.1. The highest BCUT2D eigenvalue weighted by Gasteiger charge is 2.29. The molecule has 31 heavy (non-hydrogen) atoms. The van der Waals surface area contributed by atoms with Gasteiger partial charge in [0.25, 0.3) is 5.91 Å². The summed E-state index contributed by atoms with van der Waals surface area (Å²) in [5, 5.41) is 3.03. The van der Waals surface area contributed by atoms with Gasteiger partial charge in [-0.05, 0) is 63.3 Å². The number of carbonyl (C=O) groups excluding carboxylic acids is 2. The fourth-order valence-corrected chi connectivity index (χ4v) is 3.34. The Bertz CT molecular complexity index is 877. The van der Waals surface area contributed by atoms with Gasteiger partial charge < -0.3 is 15.0 Å². The molecule has 2 aromatic carbocycles. The number of aryl methyl sites for hydroxylation is 3. The van der Waals surface area contributed by atoms with Crippen LogP contribution in [0.4, 0.5) is 0 Å². The molecule has 2 atom stereocenters. The van der Waals surface area contributed by atoms with Crippen LogP contribution in [0.15, 0.2) is 42.5 Å². The number of rotatable bonds is 10. The first-order valence-corrected chi connectivity index (χ1v) is 11.1. The molecule has 1 N–H and O–H groups in total. The summed E-state index contributed by atoms with van der Waals surface area (Å²) >= 11 is 0. The molecule has 0 fully saturated rings. The summed E-state index contributed by atoms with van der Waals surface area (Å²) in [5.74, 6) is 0.373. The number of nitrogens with one attached hydrogen (secondary N) is 1. The Labute approximate surface area is 186 Å². The largest absolute Gasteiger partial charge is 0.483 e. The third-order valence-electron chi connectivity index (χ3n) is 5.56. The van der Waals surface area contributed by atoms with Crippen LogP contribution in [0.1, 0.15) is 55.9 Å². The monoisotopic (exact) mass is 424 g/mol. The SMILES string of the molecule is CC[C@H](C(=O)N[C@@H](C)CC)N(Cc1ccc(C)cc1)C(=O)COc1cc(C)ccc1C. The molecule has 0 saturated heterocycles. The zero-order valence-electron chi connectivity index (χ0n) is 19.7. The smallest absolute Gasteiger partial charge is 0.261 e. The molecule has 2 rings (SSSR count). The van der Waals surface area contributed by atoms with Crippen LogP contribution in [0.5, 0.6) is 5.75 Å². The van der Waals surface area contributed by atoms with Crippen molar-refractivity contribution in [1.29, 1.82) is 0 Å². The minimum absolute atomic E-state index is 0.0593. The van der Waals surface area contributed by atoms with Crippen LogP contribution in [0.25, 0.3) is 0 Å². The van der Waals surface area contributed by atoms with E-state index in [0.29, 0.717) is 18.7 Å². The van der Waals surface area contributed by atoms with Gasteiger partial charge in [-0.2, -0.15) is 0 Å². The lowest BCUT2D eigenvalue weighted by molar-refractivity contribution is -0.143. The van der Waals surface area contributed by atoms with Crippen molar-refractivity contribution in [3.63, 3.8) is 0 Å². The van der Waals surface area contributed by atoms with Crippen molar-refractivity contribution >= 4 is 11.8 Å². The highest BCUT2D eigenvalue weighted by molar-refractivity contribution is 5.88. The number of hydrogen-bond acceptors (Lipinski definition) is 3. The fraction of sp³-hybridized carbons (Fsp3) is 0.462. The van der Waals surface area contributed by atoms with Crippen LogP contribution in [-0.2, 0) is 16.1 Å². The van der Waals surface area contributed by atoms with E-state index in [1.807, 2.05) is 84.0 Å². The summed E-state index contributed by atoms with van der Waals surface area (Å²) in [6.45, 7) is 12.2. The third kappa shape index (κ3) is 7.12. The van der Waals surface area contributed by atoms with Crippen LogP contribution in [0.3, 0.4) is 0 Å². The van der Waals surface area contributed by atoms with E-state index in [-0.39, 0.29) is 24.5 Å². The van der Waals surface area contributed by atoms with Gasteiger partial charge in [-0.15, -0.1) is 0 Å². The van der Waals surface area contributed by atoms with Gasteiger partial charge in [0.05, 0.1) is 0 Å². The molecule has 0 bridgehead atoms. The summed E-state index contributed by atoms with van der Waals surface area (Å²) in [7, 11) is 0.